The number of rotatable bonds is 7. The SMILES string of the molecule is CNC(=O)c1c(-c2ccc(F)cc2)oc2cc(N(C)S(C)(=O)=O)c(-c3ccc4ccn(Cc5ccc(C(F)(F)F)cc5)c4c3)cc12. The summed E-state index contributed by atoms with van der Waals surface area (Å²) in [6, 6.07) is 21.1. The summed E-state index contributed by atoms with van der Waals surface area (Å²) in [5, 5.41) is 3.90. The molecule has 0 unspecified atom stereocenters. The van der Waals surface area contributed by atoms with Gasteiger partial charge in [-0.15, -0.1) is 0 Å². The highest BCUT2D eigenvalue weighted by Gasteiger charge is 2.30. The number of carbonyl (C=O) groups excluding carboxylic acids is 1. The average molecular weight is 650 g/mol. The molecule has 46 heavy (non-hydrogen) atoms. The lowest BCUT2D eigenvalue weighted by Gasteiger charge is -2.21. The maximum atomic E-state index is 13.7. The van der Waals surface area contributed by atoms with Gasteiger partial charge in [-0.25, -0.2) is 12.8 Å². The summed E-state index contributed by atoms with van der Waals surface area (Å²) in [6.07, 6.45) is -1.53. The molecular formula is C34H27F4N3O4S. The van der Waals surface area contributed by atoms with Crippen LogP contribution in [0.5, 0.6) is 0 Å². The van der Waals surface area contributed by atoms with E-state index < -0.39 is 33.5 Å². The second-order valence-electron chi connectivity index (χ2n) is 10.9. The Hall–Kier alpha value is -5.10. The monoisotopic (exact) mass is 649 g/mol. The highest BCUT2D eigenvalue weighted by Crippen LogP contribution is 2.42. The molecule has 12 heteroatoms. The van der Waals surface area contributed by atoms with Crippen LogP contribution < -0.4 is 9.62 Å². The molecule has 236 valence electrons. The lowest BCUT2D eigenvalue weighted by atomic mass is 9.98. The van der Waals surface area contributed by atoms with Gasteiger partial charge in [0.1, 0.15) is 17.2 Å². The van der Waals surface area contributed by atoms with Gasteiger partial charge in [0.2, 0.25) is 10.0 Å². The van der Waals surface area contributed by atoms with E-state index in [0.29, 0.717) is 34.2 Å². The lowest BCUT2D eigenvalue weighted by Crippen LogP contribution is -2.25. The third-order valence-corrected chi connectivity index (χ3v) is 9.11. The molecule has 0 spiro atoms. The standard InChI is InChI=1S/C34H27F4N3O4S/c1-39-33(42)31-27-17-26(29(40(2)46(3,43)44)18-30(27)45-32(31)22-8-12-25(35)13-9-22)23-7-6-21-14-15-41(28(21)16-23)19-20-4-10-24(11-5-20)34(36,37)38/h4-18H,19H2,1-3H3,(H,39,42). The quantitative estimate of drug-likeness (QED) is 0.180. The third-order valence-electron chi connectivity index (χ3n) is 7.92. The van der Waals surface area contributed by atoms with E-state index in [0.717, 1.165) is 33.6 Å². The molecule has 2 heterocycles. The number of benzene rings is 4. The maximum absolute atomic E-state index is 13.7. The molecule has 6 aromatic rings. The van der Waals surface area contributed by atoms with Gasteiger partial charge < -0.3 is 14.3 Å². The summed E-state index contributed by atoms with van der Waals surface area (Å²) in [5.74, 6) is -0.714. The first kappa shape index (κ1) is 30.9. The highest BCUT2D eigenvalue weighted by atomic mass is 32.2. The Morgan fingerprint density at radius 3 is 2.24 bits per heavy atom. The summed E-state index contributed by atoms with van der Waals surface area (Å²) in [6.45, 7) is 0.295. The Kier molecular flexibility index (Phi) is 7.63. The fourth-order valence-electron chi connectivity index (χ4n) is 5.44. The van der Waals surface area contributed by atoms with Gasteiger partial charge in [0.05, 0.1) is 23.1 Å². The van der Waals surface area contributed by atoms with Crippen LogP contribution in [0.2, 0.25) is 0 Å². The molecule has 2 aromatic heterocycles. The van der Waals surface area contributed by atoms with Crippen molar-refractivity contribution < 1.29 is 35.2 Å². The molecule has 1 amide bonds. The molecule has 0 aliphatic carbocycles. The molecule has 0 saturated carbocycles. The first-order valence-electron chi connectivity index (χ1n) is 14.0. The number of hydrogen-bond donors (Lipinski definition) is 1. The molecule has 7 nitrogen and oxygen atoms in total. The van der Waals surface area contributed by atoms with Crippen molar-refractivity contribution in [1.29, 1.82) is 0 Å². The molecule has 1 N–H and O–H groups in total. The Labute approximate surface area is 261 Å². The second kappa shape index (κ2) is 11.4. The van der Waals surface area contributed by atoms with Crippen LogP contribution in [0, 0.1) is 5.82 Å². The number of aromatic nitrogens is 1. The maximum Gasteiger partial charge on any atom is 0.416 e. The van der Waals surface area contributed by atoms with Crippen molar-refractivity contribution in [3.63, 3.8) is 0 Å². The molecule has 0 aliphatic rings. The minimum atomic E-state index is -4.43. The summed E-state index contributed by atoms with van der Waals surface area (Å²) in [7, 11) is -0.860. The summed E-state index contributed by atoms with van der Waals surface area (Å²) in [4.78, 5) is 13.2. The molecule has 0 aliphatic heterocycles. The number of nitrogens with one attached hydrogen (secondary N) is 1. The van der Waals surface area contributed by atoms with Crippen LogP contribution in [-0.2, 0) is 22.7 Å². The van der Waals surface area contributed by atoms with Crippen molar-refractivity contribution in [3.05, 3.63) is 114 Å². The summed E-state index contributed by atoms with van der Waals surface area (Å²) < 4.78 is 87.6. The van der Waals surface area contributed by atoms with E-state index in [2.05, 4.69) is 5.32 Å². The number of nitrogens with zero attached hydrogens (tertiary/aromatic N) is 2. The summed E-state index contributed by atoms with van der Waals surface area (Å²) in [5.41, 5.74) is 3.00. The molecule has 0 saturated heterocycles. The number of sulfonamides is 1. The van der Waals surface area contributed by atoms with E-state index in [1.165, 1.54) is 50.5 Å². The number of anilines is 1. The minimum Gasteiger partial charge on any atom is -0.455 e. The van der Waals surface area contributed by atoms with E-state index >= 15 is 0 Å². The van der Waals surface area contributed by atoms with E-state index in [-0.39, 0.29) is 22.6 Å². The van der Waals surface area contributed by atoms with E-state index in [9.17, 15) is 30.8 Å². The lowest BCUT2D eigenvalue weighted by molar-refractivity contribution is -0.137. The number of amides is 1. The predicted molar refractivity (Wildman–Crippen MR) is 170 cm³/mol. The normalized spacial score (nSPS) is 12.2. The Bertz CT molecular complexity index is 2220. The van der Waals surface area contributed by atoms with E-state index in [1.54, 1.807) is 12.1 Å². The topological polar surface area (TPSA) is 84.6 Å². The van der Waals surface area contributed by atoms with Crippen LogP contribution in [0.15, 0.2) is 95.5 Å². The zero-order valence-corrected chi connectivity index (χ0v) is 25.6. The zero-order valence-electron chi connectivity index (χ0n) is 24.8. The van der Waals surface area contributed by atoms with Gasteiger partial charge in [0.15, 0.2) is 0 Å². The molecule has 4 aromatic carbocycles. The van der Waals surface area contributed by atoms with Gasteiger partial charge >= 0.3 is 6.18 Å². The van der Waals surface area contributed by atoms with Gasteiger partial charge in [0.25, 0.3) is 5.91 Å². The van der Waals surface area contributed by atoms with Gasteiger partial charge in [0, 0.05) is 54.9 Å². The van der Waals surface area contributed by atoms with Crippen LogP contribution in [-0.4, -0.2) is 39.2 Å². The molecule has 0 fully saturated rings. The third kappa shape index (κ3) is 5.71. The largest absolute Gasteiger partial charge is 0.455 e. The second-order valence-corrected chi connectivity index (χ2v) is 12.9. The smallest absolute Gasteiger partial charge is 0.416 e. The van der Waals surface area contributed by atoms with Crippen molar-refractivity contribution in [3.8, 4) is 22.5 Å². The molecule has 6 rings (SSSR count). The Morgan fingerprint density at radius 1 is 0.935 bits per heavy atom. The fraction of sp³-hybridized carbons (Fsp3) is 0.147. The summed E-state index contributed by atoms with van der Waals surface area (Å²) >= 11 is 0. The fourth-order valence-corrected chi connectivity index (χ4v) is 5.95. The minimum absolute atomic E-state index is 0.195. The van der Waals surface area contributed by atoms with Crippen molar-refractivity contribution >= 4 is 43.5 Å². The van der Waals surface area contributed by atoms with Crippen LogP contribution in [0.25, 0.3) is 44.3 Å². The number of furan rings is 1. The zero-order chi connectivity index (χ0) is 33.0. The van der Waals surface area contributed by atoms with Gasteiger partial charge in [-0.2, -0.15) is 13.2 Å². The first-order chi connectivity index (χ1) is 21.7. The van der Waals surface area contributed by atoms with Crippen molar-refractivity contribution in [2.24, 2.45) is 0 Å². The molecule has 0 bridgehead atoms. The molecule has 0 radical (unpaired) electrons. The van der Waals surface area contributed by atoms with Crippen molar-refractivity contribution in [2.75, 3.05) is 24.7 Å². The Balaban J connectivity index is 1.53. The number of halogens is 4. The van der Waals surface area contributed by atoms with Crippen LogP contribution >= 0.6 is 0 Å². The van der Waals surface area contributed by atoms with Crippen molar-refractivity contribution in [2.45, 2.75) is 12.7 Å². The van der Waals surface area contributed by atoms with Crippen LogP contribution in [0.1, 0.15) is 21.5 Å². The van der Waals surface area contributed by atoms with Gasteiger partial charge in [-0.05, 0) is 71.1 Å². The van der Waals surface area contributed by atoms with Crippen LogP contribution in [0.4, 0.5) is 23.2 Å². The van der Waals surface area contributed by atoms with E-state index in [1.807, 2.05) is 35.0 Å². The van der Waals surface area contributed by atoms with Gasteiger partial charge in [-0.3, -0.25) is 9.10 Å². The number of carbonyl (C=O) groups is 1. The van der Waals surface area contributed by atoms with Crippen LogP contribution in [0.3, 0.4) is 0 Å². The number of hydrogen-bond acceptors (Lipinski definition) is 4. The molecular weight excluding hydrogens is 622 g/mol. The van der Waals surface area contributed by atoms with Crippen molar-refractivity contribution in [1.82, 2.24) is 9.88 Å². The molecule has 0 atom stereocenters. The highest BCUT2D eigenvalue weighted by molar-refractivity contribution is 7.92. The average Bonchev–Trinajstić information content (AvgIpc) is 3.60. The van der Waals surface area contributed by atoms with E-state index in [4.69, 9.17) is 4.42 Å². The first-order valence-corrected chi connectivity index (χ1v) is 15.9. The number of alkyl halides is 3. The Morgan fingerprint density at radius 2 is 1.61 bits per heavy atom. The predicted octanol–water partition coefficient (Wildman–Crippen LogP) is 7.68. The van der Waals surface area contributed by atoms with Gasteiger partial charge in [-0.1, -0.05) is 24.3 Å². The number of fused-ring (bicyclic) bond motifs is 2.